The lowest BCUT2D eigenvalue weighted by Gasteiger charge is -2.28. The molecule has 2 saturated heterocycles. The molecule has 2 aliphatic rings. The predicted molar refractivity (Wildman–Crippen MR) is 99.9 cm³/mol. The normalized spacial score (nSPS) is 24.5. The van der Waals surface area contributed by atoms with Gasteiger partial charge in [0.25, 0.3) is 0 Å². The summed E-state index contributed by atoms with van der Waals surface area (Å²) in [7, 11) is 1.68. The molecule has 26 heavy (non-hydrogen) atoms. The van der Waals surface area contributed by atoms with Crippen molar-refractivity contribution in [1.82, 2.24) is 15.2 Å². The summed E-state index contributed by atoms with van der Waals surface area (Å²) in [4.78, 5) is 19.3. The number of aryl methyl sites for hydroxylation is 1. The number of carbonyl (C=O) groups is 1. The largest absolute Gasteiger partial charge is 0.497 e. The van der Waals surface area contributed by atoms with Crippen LogP contribution < -0.4 is 10.1 Å². The lowest BCUT2D eigenvalue weighted by atomic mass is 9.89. The van der Waals surface area contributed by atoms with Crippen LogP contribution in [0.3, 0.4) is 0 Å². The van der Waals surface area contributed by atoms with E-state index in [2.05, 4.69) is 27.3 Å². The van der Waals surface area contributed by atoms with Crippen LogP contribution in [0.1, 0.15) is 23.6 Å². The van der Waals surface area contributed by atoms with Gasteiger partial charge in [-0.15, -0.1) is 0 Å². The third kappa shape index (κ3) is 3.31. The minimum absolute atomic E-state index is 0.155. The van der Waals surface area contributed by atoms with E-state index in [-0.39, 0.29) is 11.9 Å². The zero-order chi connectivity index (χ0) is 17.9. The second-order valence-electron chi connectivity index (χ2n) is 7.21. The molecule has 5 heteroatoms. The topological polar surface area (TPSA) is 54.5 Å². The lowest BCUT2D eigenvalue weighted by molar-refractivity contribution is -0.132. The minimum Gasteiger partial charge on any atom is -0.497 e. The fraction of sp³-hybridized carbons (Fsp3) is 0.429. The molecular weight excluding hydrogens is 326 g/mol. The molecular formula is C21H25N3O2. The summed E-state index contributed by atoms with van der Waals surface area (Å²) in [5, 5.41) is 3.49. The van der Waals surface area contributed by atoms with Gasteiger partial charge < -0.3 is 15.0 Å². The molecule has 0 aliphatic carbocycles. The smallest absolute Gasteiger partial charge is 0.223 e. The fourth-order valence-corrected chi connectivity index (χ4v) is 4.35. The number of nitrogens with zero attached hydrogens (tertiary/aromatic N) is 2. The van der Waals surface area contributed by atoms with Crippen molar-refractivity contribution in [2.24, 2.45) is 11.8 Å². The van der Waals surface area contributed by atoms with Gasteiger partial charge >= 0.3 is 0 Å². The molecule has 5 nitrogen and oxygen atoms in total. The van der Waals surface area contributed by atoms with Crippen LogP contribution >= 0.6 is 0 Å². The molecule has 1 aromatic heterocycles. The minimum atomic E-state index is 0.155. The van der Waals surface area contributed by atoms with Gasteiger partial charge in [-0.1, -0.05) is 18.2 Å². The Bertz CT molecular complexity index is 748. The third-order valence-corrected chi connectivity index (χ3v) is 5.69. The molecule has 136 valence electrons. The number of pyridine rings is 1. The van der Waals surface area contributed by atoms with Crippen LogP contribution in [0.2, 0.25) is 0 Å². The SMILES string of the molecule is COc1ccc([C@@H]2[C@H]3CNC[C@H]3CN2C(=O)CCc2cccnc2)cc1. The lowest BCUT2D eigenvalue weighted by Crippen LogP contribution is -2.34. The van der Waals surface area contributed by atoms with Crippen LogP contribution in [0.25, 0.3) is 0 Å². The summed E-state index contributed by atoms with van der Waals surface area (Å²) >= 11 is 0. The molecule has 0 unspecified atom stereocenters. The summed E-state index contributed by atoms with van der Waals surface area (Å²) in [5.74, 6) is 2.13. The van der Waals surface area contributed by atoms with E-state index in [9.17, 15) is 4.79 Å². The van der Waals surface area contributed by atoms with E-state index in [1.807, 2.05) is 30.5 Å². The highest BCUT2D eigenvalue weighted by Gasteiger charge is 2.46. The maximum atomic E-state index is 13.0. The first-order chi connectivity index (χ1) is 12.8. The van der Waals surface area contributed by atoms with Crippen molar-refractivity contribution in [2.45, 2.75) is 18.9 Å². The Morgan fingerprint density at radius 3 is 2.85 bits per heavy atom. The van der Waals surface area contributed by atoms with Gasteiger partial charge in [-0.2, -0.15) is 0 Å². The number of nitrogens with one attached hydrogen (secondary N) is 1. The molecule has 3 atom stereocenters. The van der Waals surface area contributed by atoms with Crippen LogP contribution in [0.5, 0.6) is 5.75 Å². The maximum absolute atomic E-state index is 13.0. The number of benzene rings is 1. The first kappa shape index (κ1) is 17.0. The van der Waals surface area contributed by atoms with Gasteiger partial charge in [-0.25, -0.2) is 0 Å². The van der Waals surface area contributed by atoms with Crippen LogP contribution in [-0.2, 0) is 11.2 Å². The number of ether oxygens (including phenoxy) is 1. The first-order valence-electron chi connectivity index (χ1n) is 9.29. The standard InChI is InChI=1S/C21H25N3O2/c1-26-18-7-5-16(6-8-18)21-19-13-23-12-17(19)14-24(21)20(25)9-4-15-3-2-10-22-11-15/h2-3,5-8,10-11,17,19,21,23H,4,9,12-14H2,1H3/t17-,19-,21+/m0/s1. The molecule has 4 rings (SSSR count). The van der Waals surface area contributed by atoms with E-state index in [0.717, 1.165) is 37.4 Å². The molecule has 0 bridgehead atoms. The highest BCUT2D eigenvalue weighted by molar-refractivity contribution is 5.77. The van der Waals surface area contributed by atoms with Gasteiger partial charge in [0.15, 0.2) is 0 Å². The zero-order valence-corrected chi connectivity index (χ0v) is 15.1. The first-order valence-corrected chi connectivity index (χ1v) is 9.29. The van der Waals surface area contributed by atoms with E-state index in [0.29, 0.717) is 18.3 Å². The van der Waals surface area contributed by atoms with Crippen molar-refractivity contribution >= 4 is 5.91 Å². The summed E-state index contributed by atoms with van der Waals surface area (Å²) in [6.45, 7) is 2.83. The molecule has 1 amide bonds. The van der Waals surface area contributed by atoms with Gasteiger partial charge in [0.2, 0.25) is 5.91 Å². The van der Waals surface area contributed by atoms with E-state index < -0.39 is 0 Å². The van der Waals surface area contributed by atoms with Crippen LogP contribution in [-0.4, -0.2) is 42.5 Å². The number of amides is 1. The van der Waals surface area contributed by atoms with E-state index in [1.165, 1.54) is 5.56 Å². The number of hydrogen-bond donors (Lipinski definition) is 1. The van der Waals surface area contributed by atoms with Crippen molar-refractivity contribution in [2.75, 3.05) is 26.7 Å². The molecule has 3 heterocycles. The molecule has 2 aliphatic heterocycles. The van der Waals surface area contributed by atoms with Gasteiger partial charge in [0.05, 0.1) is 13.2 Å². The molecule has 0 saturated carbocycles. The highest BCUT2D eigenvalue weighted by Crippen LogP contribution is 2.43. The van der Waals surface area contributed by atoms with Crippen molar-refractivity contribution in [3.8, 4) is 5.75 Å². The van der Waals surface area contributed by atoms with Crippen LogP contribution in [0.4, 0.5) is 0 Å². The zero-order valence-electron chi connectivity index (χ0n) is 15.1. The molecule has 0 radical (unpaired) electrons. The Morgan fingerprint density at radius 2 is 2.12 bits per heavy atom. The van der Waals surface area contributed by atoms with E-state index >= 15 is 0 Å². The molecule has 1 aromatic carbocycles. The Morgan fingerprint density at radius 1 is 1.27 bits per heavy atom. The number of likely N-dealkylation sites (tertiary alicyclic amines) is 1. The van der Waals surface area contributed by atoms with E-state index in [1.54, 1.807) is 13.3 Å². The van der Waals surface area contributed by atoms with Crippen LogP contribution in [0, 0.1) is 11.8 Å². The number of hydrogen-bond acceptors (Lipinski definition) is 4. The van der Waals surface area contributed by atoms with Gasteiger partial charge in [0, 0.05) is 44.4 Å². The van der Waals surface area contributed by atoms with Crippen molar-refractivity contribution in [3.05, 3.63) is 59.9 Å². The van der Waals surface area contributed by atoms with Crippen molar-refractivity contribution in [3.63, 3.8) is 0 Å². The summed E-state index contributed by atoms with van der Waals surface area (Å²) in [6.07, 6.45) is 4.88. The van der Waals surface area contributed by atoms with Crippen molar-refractivity contribution < 1.29 is 9.53 Å². The Kier molecular flexibility index (Phi) is 4.89. The predicted octanol–water partition coefficient (Wildman–Crippen LogP) is 2.44. The number of carbonyl (C=O) groups excluding carboxylic acids is 1. The molecule has 0 spiro atoms. The van der Waals surface area contributed by atoms with Gasteiger partial charge in [-0.05, 0) is 41.7 Å². The second-order valence-corrected chi connectivity index (χ2v) is 7.21. The van der Waals surface area contributed by atoms with Crippen LogP contribution in [0.15, 0.2) is 48.8 Å². The average Bonchev–Trinajstić information content (AvgIpc) is 3.28. The van der Waals surface area contributed by atoms with Gasteiger partial charge in [0.1, 0.15) is 5.75 Å². The number of fused-ring (bicyclic) bond motifs is 1. The molecule has 2 fully saturated rings. The van der Waals surface area contributed by atoms with E-state index in [4.69, 9.17) is 4.74 Å². The highest BCUT2D eigenvalue weighted by atomic mass is 16.5. The number of rotatable bonds is 5. The fourth-order valence-electron chi connectivity index (χ4n) is 4.35. The third-order valence-electron chi connectivity index (χ3n) is 5.69. The number of methoxy groups -OCH3 is 1. The summed E-state index contributed by atoms with van der Waals surface area (Å²) in [5.41, 5.74) is 2.32. The monoisotopic (exact) mass is 351 g/mol. The summed E-state index contributed by atoms with van der Waals surface area (Å²) < 4.78 is 5.28. The molecule has 2 aromatic rings. The second kappa shape index (κ2) is 7.46. The average molecular weight is 351 g/mol. The Hall–Kier alpha value is -2.40. The summed E-state index contributed by atoms with van der Waals surface area (Å²) in [6, 6.07) is 12.3. The maximum Gasteiger partial charge on any atom is 0.223 e. The van der Waals surface area contributed by atoms with Crippen molar-refractivity contribution in [1.29, 1.82) is 0 Å². The van der Waals surface area contributed by atoms with Gasteiger partial charge in [-0.3, -0.25) is 9.78 Å². The quantitative estimate of drug-likeness (QED) is 0.899. The Balaban J connectivity index is 1.51. The number of aromatic nitrogens is 1. The Labute approximate surface area is 154 Å². The molecule has 1 N–H and O–H groups in total.